The Bertz CT molecular complexity index is 252. The maximum Gasteiger partial charge on any atom is 0.224 e. The minimum Gasteiger partial charge on any atom is -0.393 e. The fourth-order valence-electron chi connectivity index (χ4n) is 1.72. The van der Waals surface area contributed by atoms with E-state index in [4.69, 9.17) is 22.7 Å². The Morgan fingerprint density at radius 1 is 1.56 bits per heavy atom. The minimum absolute atomic E-state index is 0.105. The molecule has 0 spiro atoms. The largest absolute Gasteiger partial charge is 0.393 e. The number of hydrogen-bond acceptors (Lipinski definition) is 3. The van der Waals surface area contributed by atoms with Gasteiger partial charge in [0.25, 0.3) is 0 Å². The number of carbonyl (C=O) groups excluding carboxylic acids is 1. The molecule has 0 saturated carbocycles. The van der Waals surface area contributed by atoms with Crippen LogP contribution in [0, 0.1) is 0 Å². The molecule has 1 rings (SSSR count). The summed E-state index contributed by atoms with van der Waals surface area (Å²) < 4.78 is 5.53. The third-order valence-electron chi connectivity index (χ3n) is 2.80. The molecule has 1 atom stereocenters. The van der Waals surface area contributed by atoms with E-state index in [-0.39, 0.29) is 12.0 Å². The van der Waals surface area contributed by atoms with Crippen LogP contribution in [0.2, 0.25) is 0 Å². The average Bonchev–Trinajstić information content (AvgIpc) is 2.27. The van der Waals surface area contributed by atoms with Crippen molar-refractivity contribution in [2.75, 3.05) is 20.2 Å². The first-order chi connectivity index (χ1) is 7.59. The number of carbonyl (C=O) groups is 1. The lowest BCUT2D eigenvalue weighted by Crippen LogP contribution is -2.34. The lowest BCUT2D eigenvalue weighted by Gasteiger charge is -2.24. The summed E-state index contributed by atoms with van der Waals surface area (Å²) in [7, 11) is 1.78. The Morgan fingerprint density at radius 2 is 2.31 bits per heavy atom. The Balaban J connectivity index is 2.24. The van der Waals surface area contributed by atoms with Crippen molar-refractivity contribution >= 4 is 23.1 Å². The molecule has 0 aliphatic carbocycles. The molecule has 0 radical (unpaired) electrons. The molecular weight excluding hydrogens is 224 g/mol. The zero-order valence-electron chi connectivity index (χ0n) is 9.78. The van der Waals surface area contributed by atoms with E-state index in [0.717, 1.165) is 25.9 Å². The standard InChI is InChI=1S/C11H20N2O2S/c1-13(6-5-10(12)16)11(14)8-9-4-2-3-7-15-9/h9H,2-8H2,1H3,(H2,12,16). The summed E-state index contributed by atoms with van der Waals surface area (Å²) in [5.41, 5.74) is 5.39. The number of hydrogen-bond donors (Lipinski definition) is 1. The Morgan fingerprint density at radius 3 is 2.88 bits per heavy atom. The van der Waals surface area contributed by atoms with Crippen molar-refractivity contribution in [3.8, 4) is 0 Å². The monoisotopic (exact) mass is 244 g/mol. The van der Waals surface area contributed by atoms with Crippen molar-refractivity contribution in [3.63, 3.8) is 0 Å². The van der Waals surface area contributed by atoms with Gasteiger partial charge in [-0.3, -0.25) is 4.79 Å². The highest BCUT2D eigenvalue weighted by atomic mass is 32.1. The molecule has 1 fully saturated rings. The molecule has 92 valence electrons. The zero-order chi connectivity index (χ0) is 12.0. The SMILES string of the molecule is CN(CCC(N)=S)C(=O)CC1CCCCO1. The number of amides is 1. The summed E-state index contributed by atoms with van der Waals surface area (Å²) in [5.74, 6) is 0.114. The molecule has 1 heterocycles. The highest BCUT2D eigenvalue weighted by Gasteiger charge is 2.19. The molecule has 0 aromatic rings. The maximum atomic E-state index is 11.8. The molecule has 0 bridgehead atoms. The first-order valence-corrected chi connectivity index (χ1v) is 6.14. The summed E-state index contributed by atoms with van der Waals surface area (Å²) in [6.07, 6.45) is 4.44. The van der Waals surface area contributed by atoms with E-state index in [1.165, 1.54) is 0 Å². The first kappa shape index (κ1) is 13.4. The van der Waals surface area contributed by atoms with Crippen LogP contribution in [0.25, 0.3) is 0 Å². The predicted molar refractivity (Wildman–Crippen MR) is 67.2 cm³/mol. The van der Waals surface area contributed by atoms with Gasteiger partial charge in [0.15, 0.2) is 0 Å². The van der Waals surface area contributed by atoms with Crippen LogP contribution in [0.15, 0.2) is 0 Å². The van der Waals surface area contributed by atoms with Gasteiger partial charge in [0.1, 0.15) is 0 Å². The fourth-order valence-corrected chi connectivity index (χ4v) is 1.81. The van der Waals surface area contributed by atoms with Gasteiger partial charge < -0.3 is 15.4 Å². The third kappa shape index (κ3) is 4.90. The Hall–Kier alpha value is -0.680. The van der Waals surface area contributed by atoms with E-state index in [2.05, 4.69) is 0 Å². The molecule has 2 N–H and O–H groups in total. The molecule has 4 nitrogen and oxygen atoms in total. The third-order valence-corrected chi connectivity index (χ3v) is 3.00. The smallest absolute Gasteiger partial charge is 0.224 e. The summed E-state index contributed by atoms with van der Waals surface area (Å²) in [6, 6.07) is 0. The van der Waals surface area contributed by atoms with Gasteiger partial charge in [-0.2, -0.15) is 0 Å². The Kier molecular flexibility index (Phi) is 5.69. The number of nitrogens with two attached hydrogens (primary N) is 1. The van der Waals surface area contributed by atoms with Crippen LogP contribution in [-0.4, -0.2) is 42.1 Å². The highest BCUT2D eigenvalue weighted by molar-refractivity contribution is 7.80. The van der Waals surface area contributed by atoms with E-state index in [9.17, 15) is 4.79 Å². The van der Waals surface area contributed by atoms with Crippen LogP contribution < -0.4 is 5.73 Å². The van der Waals surface area contributed by atoms with Gasteiger partial charge >= 0.3 is 0 Å². The highest BCUT2D eigenvalue weighted by Crippen LogP contribution is 2.16. The minimum atomic E-state index is 0.105. The van der Waals surface area contributed by atoms with Gasteiger partial charge in [-0.1, -0.05) is 12.2 Å². The number of rotatable bonds is 5. The van der Waals surface area contributed by atoms with Crippen molar-refractivity contribution in [2.45, 2.75) is 38.2 Å². The topological polar surface area (TPSA) is 55.6 Å². The van der Waals surface area contributed by atoms with E-state index in [1.807, 2.05) is 0 Å². The van der Waals surface area contributed by atoms with Crippen LogP contribution in [0.1, 0.15) is 32.1 Å². The van der Waals surface area contributed by atoms with Crippen LogP contribution in [-0.2, 0) is 9.53 Å². The van der Waals surface area contributed by atoms with Crippen LogP contribution in [0.4, 0.5) is 0 Å². The van der Waals surface area contributed by atoms with Gasteiger partial charge in [-0.15, -0.1) is 0 Å². The van der Waals surface area contributed by atoms with Gasteiger partial charge in [-0.25, -0.2) is 0 Å². The first-order valence-electron chi connectivity index (χ1n) is 5.73. The van der Waals surface area contributed by atoms with Crippen molar-refractivity contribution < 1.29 is 9.53 Å². The molecule has 1 saturated heterocycles. The van der Waals surface area contributed by atoms with Crippen molar-refractivity contribution in [2.24, 2.45) is 5.73 Å². The van der Waals surface area contributed by atoms with Gasteiger partial charge in [-0.05, 0) is 19.3 Å². The maximum absolute atomic E-state index is 11.8. The van der Waals surface area contributed by atoms with Crippen molar-refractivity contribution in [1.29, 1.82) is 0 Å². The predicted octanol–water partition coefficient (Wildman–Crippen LogP) is 1.08. The zero-order valence-corrected chi connectivity index (χ0v) is 10.6. The van der Waals surface area contributed by atoms with Gasteiger partial charge in [0.2, 0.25) is 5.91 Å². The van der Waals surface area contributed by atoms with E-state index < -0.39 is 0 Å². The summed E-state index contributed by atoms with van der Waals surface area (Å²) in [5, 5.41) is 0. The molecule has 0 aromatic carbocycles. The molecule has 0 aromatic heterocycles. The van der Waals surface area contributed by atoms with Crippen molar-refractivity contribution in [1.82, 2.24) is 4.90 Å². The van der Waals surface area contributed by atoms with E-state index >= 15 is 0 Å². The second-order valence-electron chi connectivity index (χ2n) is 4.22. The average molecular weight is 244 g/mol. The second kappa shape index (κ2) is 6.81. The lowest BCUT2D eigenvalue weighted by atomic mass is 10.1. The molecule has 1 aliphatic heterocycles. The number of ether oxygens (including phenoxy) is 1. The normalized spacial score (nSPS) is 20.4. The Labute approximate surface area is 102 Å². The molecule has 5 heteroatoms. The van der Waals surface area contributed by atoms with E-state index in [1.54, 1.807) is 11.9 Å². The summed E-state index contributed by atoms with van der Waals surface area (Å²) >= 11 is 4.78. The van der Waals surface area contributed by atoms with Crippen LogP contribution in [0.3, 0.4) is 0 Å². The summed E-state index contributed by atoms with van der Waals surface area (Å²) in [4.78, 5) is 13.9. The van der Waals surface area contributed by atoms with E-state index in [0.29, 0.717) is 24.4 Å². The molecule has 1 amide bonds. The number of thiocarbonyl (C=S) groups is 1. The quantitative estimate of drug-likeness (QED) is 0.735. The van der Waals surface area contributed by atoms with Gasteiger partial charge in [0, 0.05) is 26.6 Å². The molecular formula is C11H20N2O2S. The van der Waals surface area contributed by atoms with Crippen LogP contribution >= 0.6 is 12.2 Å². The molecule has 16 heavy (non-hydrogen) atoms. The molecule has 1 unspecified atom stereocenters. The van der Waals surface area contributed by atoms with Crippen LogP contribution in [0.5, 0.6) is 0 Å². The van der Waals surface area contributed by atoms with Gasteiger partial charge in [0.05, 0.1) is 17.5 Å². The number of nitrogens with zero attached hydrogens (tertiary/aromatic N) is 1. The lowest BCUT2D eigenvalue weighted by molar-refractivity contribution is -0.133. The summed E-state index contributed by atoms with van der Waals surface area (Å²) in [6.45, 7) is 1.38. The fraction of sp³-hybridized carbons (Fsp3) is 0.818. The molecule has 1 aliphatic rings. The van der Waals surface area contributed by atoms with Crippen molar-refractivity contribution in [3.05, 3.63) is 0 Å². The second-order valence-corrected chi connectivity index (χ2v) is 4.75.